The summed E-state index contributed by atoms with van der Waals surface area (Å²) in [6, 6.07) is 6.88. The van der Waals surface area contributed by atoms with Gasteiger partial charge in [0.25, 0.3) is 0 Å². The molecule has 0 spiro atoms. The maximum atomic E-state index is 11.8. The highest BCUT2D eigenvalue weighted by molar-refractivity contribution is 5.78. The summed E-state index contributed by atoms with van der Waals surface area (Å²) >= 11 is 0. The molecule has 0 aliphatic rings. The molecule has 19 heavy (non-hydrogen) atoms. The number of pyridine rings is 2. The SMILES string of the molecule is C[C@H](Nc1cccnc1)C(=O)OCc1cccnc1. The van der Waals surface area contributed by atoms with Gasteiger partial charge in [0.1, 0.15) is 12.6 Å². The average molecular weight is 257 g/mol. The van der Waals surface area contributed by atoms with Crippen molar-refractivity contribution in [3.05, 3.63) is 54.6 Å². The summed E-state index contributed by atoms with van der Waals surface area (Å²) in [4.78, 5) is 19.7. The first-order valence-corrected chi connectivity index (χ1v) is 5.98. The Hall–Kier alpha value is -2.43. The van der Waals surface area contributed by atoms with Crippen LogP contribution in [0.15, 0.2) is 49.1 Å². The summed E-state index contributed by atoms with van der Waals surface area (Å²) < 4.78 is 5.20. The van der Waals surface area contributed by atoms with Crippen LogP contribution in [0.5, 0.6) is 0 Å². The van der Waals surface area contributed by atoms with E-state index in [0.29, 0.717) is 0 Å². The maximum Gasteiger partial charge on any atom is 0.328 e. The number of aromatic nitrogens is 2. The Morgan fingerprint density at radius 1 is 1.26 bits per heavy atom. The largest absolute Gasteiger partial charge is 0.459 e. The lowest BCUT2D eigenvalue weighted by Gasteiger charge is -2.14. The minimum Gasteiger partial charge on any atom is -0.459 e. The van der Waals surface area contributed by atoms with Crippen molar-refractivity contribution < 1.29 is 9.53 Å². The number of rotatable bonds is 5. The van der Waals surface area contributed by atoms with Crippen molar-refractivity contribution in [2.24, 2.45) is 0 Å². The fraction of sp³-hybridized carbons (Fsp3) is 0.214. The Morgan fingerprint density at radius 2 is 2.00 bits per heavy atom. The number of nitrogens with zero attached hydrogens (tertiary/aromatic N) is 2. The van der Waals surface area contributed by atoms with Gasteiger partial charge in [0.15, 0.2) is 0 Å². The zero-order valence-corrected chi connectivity index (χ0v) is 10.6. The molecule has 5 nitrogen and oxygen atoms in total. The quantitative estimate of drug-likeness (QED) is 0.830. The molecule has 0 bridgehead atoms. The van der Waals surface area contributed by atoms with Crippen molar-refractivity contribution in [1.29, 1.82) is 0 Å². The number of hydrogen-bond donors (Lipinski definition) is 1. The highest BCUT2D eigenvalue weighted by Gasteiger charge is 2.14. The summed E-state index contributed by atoms with van der Waals surface area (Å²) in [6.07, 6.45) is 6.69. The molecule has 0 aliphatic heterocycles. The minimum absolute atomic E-state index is 0.228. The highest BCUT2D eigenvalue weighted by Crippen LogP contribution is 2.07. The summed E-state index contributed by atoms with van der Waals surface area (Å²) in [5.74, 6) is -0.312. The number of carbonyl (C=O) groups excluding carboxylic acids is 1. The van der Waals surface area contributed by atoms with Crippen LogP contribution in [0.2, 0.25) is 0 Å². The normalized spacial score (nSPS) is 11.6. The van der Waals surface area contributed by atoms with Crippen LogP contribution in [-0.2, 0) is 16.1 Å². The summed E-state index contributed by atoms with van der Waals surface area (Å²) in [5.41, 5.74) is 1.65. The lowest BCUT2D eigenvalue weighted by Crippen LogP contribution is -2.28. The Balaban J connectivity index is 1.83. The van der Waals surface area contributed by atoms with Gasteiger partial charge in [-0.1, -0.05) is 6.07 Å². The van der Waals surface area contributed by atoms with Crippen LogP contribution >= 0.6 is 0 Å². The molecule has 2 aromatic heterocycles. The van der Waals surface area contributed by atoms with E-state index < -0.39 is 6.04 Å². The maximum absolute atomic E-state index is 11.8. The first-order valence-electron chi connectivity index (χ1n) is 5.98. The first-order chi connectivity index (χ1) is 9.25. The molecular weight excluding hydrogens is 242 g/mol. The number of esters is 1. The highest BCUT2D eigenvalue weighted by atomic mass is 16.5. The van der Waals surface area contributed by atoms with E-state index >= 15 is 0 Å². The van der Waals surface area contributed by atoms with E-state index in [-0.39, 0.29) is 12.6 Å². The topological polar surface area (TPSA) is 64.1 Å². The number of hydrogen-bond acceptors (Lipinski definition) is 5. The molecular formula is C14H15N3O2. The second kappa shape index (κ2) is 6.49. The van der Waals surface area contributed by atoms with Gasteiger partial charge in [-0.2, -0.15) is 0 Å². The van der Waals surface area contributed by atoms with Gasteiger partial charge in [-0.25, -0.2) is 4.79 Å². The van der Waals surface area contributed by atoms with E-state index in [2.05, 4.69) is 15.3 Å². The lowest BCUT2D eigenvalue weighted by molar-refractivity contribution is -0.145. The van der Waals surface area contributed by atoms with E-state index in [1.807, 2.05) is 12.1 Å². The molecule has 2 aromatic rings. The van der Waals surface area contributed by atoms with Crippen molar-refractivity contribution in [2.45, 2.75) is 19.6 Å². The number of carbonyl (C=O) groups is 1. The summed E-state index contributed by atoms with van der Waals surface area (Å²) in [7, 11) is 0. The fourth-order valence-electron chi connectivity index (χ4n) is 1.52. The average Bonchev–Trinajstić information content (AvgIpc) is 2.47. The fourth-order valence-corrected chi connectivity index (χ4v) is 1.52. The van der Waals surface area contributed by atoms with Crippen molar-refractivity contribution in [2.75, 3.05) is 5.32 Å². The van der Waals surface area contributed by atoms with Gasteiger partial charge in [0.05, 0.1) is 5.69 Å². The van der Waals surface area contributed by atoms with Gasteiger partial charge in [0, 0.05) is 30.4 Å². The Morgan fingerprint density at radius 3 is 2.63 bits per heavy atom. The van der Waals surface area contributed by atoms with Crippen LogP contribution in [0.4, 0.5) is 5.69 Å². The van der Waals surface area contributed by atoms with E-state index in [9.17, 15) is 4.79 Å². The summed E-state index contributed by atoms with van der Waals surface area (Å²) in [6.45, 7) is 1.98. The minimum atomic E-state index is -0.430. The predicted octanol–water partition coefficient (Wildman–Crippen LogP) is 2.02. The molecule has 0 saturated carbocycles. The van der Waals surface area contributed by atoms with Crippen molar-refractivity contribution in [3.63, 3.8) is 0 Å². The Bertz CT molecular complexity index is 517. The molecule has 0 radical (unpaired) electrons. The van der Waals surface area contributed by atoms with Gasteiger partial charge in [-0.3, -0.25) is 9.97 Å². The van der Waals surface area contributed by atoms with Crippen molar-refractivity contribution in [3.8, 4) is 0 Å². The van der Waals surface area contributed by atoms with Crippen LogP contribution in [0.1, 0.15) is 12.5 Å². The summed E-state index contributed by atoms with van der Waals surface area (Å²) in [5, 5.41) is 3.03. The predicted molar refractivity (Wildman–Crippen MR) is 71.4 cm³/mol. The number of ether oxygens (including phenoxy) is 1. The number of anilines is 1. The molecule has 1 N–H and O–H groups in total. The van der Waals surface area contributed by atoms with Crippen molar-refractivity contribution in [1.82, 2.24) is 9.97 Å². The zero-order valence-electron chi connectivity index (χ0n) is 10.6. The lowest BCUT2D eigenvalue weighted by atomic mass is 10.3. The smallest absolute Gasteiger partial charge is 0.328 e. The van der Waals surface area contributed by atoms with Crippen LogP contribution in [0.3, 0.4) is 0 Å². The second-order valence-corrected chi connectivity index (χ2v) is 4.08. The van der Waals surface area contributed by atoms with Crippen LogP contribution < -0.4 is 5.32 Å². The molecule has 0 saturated heterocycles. The van der Waals surface area contributed by atoms with E-state index in [4.69, 9.17) is 4.74 Å². The Kier molecular flexibility index (Phi) is 4.44. The molecule has 2 rings (SSSR count). The molecule has 0 unspecified atom stereocenters. The van der Waals surface area contributed by atoms with Gasteiger partial charge >= 0.3 is 5.97 Å². The van der Waals surface area contributed by atoms with Gasteiger partial charge in [0.2, 0.25) is 0 Å². The van der Waals surface area contributed by atoms with E-state index in [0.717, 1.165) is 11.3 Å². The van der Waals surface area contributed by atoms with Gasteiger partial charge in [-0.05, 0) is 25.1 Å². The third kappa shape index (κ3) is 4.06. The van der Waals surface area contributed by atoms with Gasteiger partial charge in [-0.15, -0.1) is 0 Å². The van der Waals surface area contributed by atoms with Gasteiger partial charge < -0.3 is 10.1 Å². The molecule has 0 aromatic carbocycles. The molecule has 98 valence electrons. The molecule has 5 heteroatoms. The van der Waals surface area contributed by atoms with Crippen LogP contribution in [0, 0.1) is 0 Å². The monoisotopic (exact) mass is 257 g/mol. The molecule has 2 heterocycles. The van der Waals surface area contributed by atoms with E-state index in [1.54, 1.807) is 43.8 Å². The third-order valence-corrected chi connectivity index (χ3v) is 2.50. The first kappa shape index (κ1) is 13.0. The van der Waals surface area contributed by atoms with E-state index in [1.165, 1.54) is 0 Å². The molecule has 0 aliphatic carbocycles. The Labute approximate surface area is 111 Å². The third-order valence-electron chi connectivity index (χ3n) is 2.50. The van der Waals surface area contributed by atoms with Crippen LogP contribution in [0.25, 0.3) is 0 Å². The molecule has 0 amide bonds. The standard InChI is InChI=1S/C14H15N3O2/c1-11(17-13-5-3-7-16-9-13)14(18)19-10-12-4-2-6-15-8-12/h2-9,11,17H,10H2,1H3/t11-/m0/s1. The zero-order chi connectivity index (χ0) is 13.5. The van der Waals surface area contributed by atoms with Crippen LogP contribution in [-0.4, -0.2) is 22.0 Å². The molecule has 1 atom stereocenters. The second-order valence-electron chi connectivity index (χ2n) is 4.08. The number of nitrogens with one attached hydrogen (secondary N) is 1. The molecule has 0 fully saturated rings. The van der Waals surface area contributed by atoms with Crippen molar-refractivity contribution >= 4 is 11.7 Å².